The summed E-state index contributed by atoms with van der Waals surface area (Å²) in [5.41, 5.74) is 1.36. The van der Waals surface area contributed by atoms with E-state index in [9.17, 15) is 5.11 Å². The molecule has 0 aliphatic rings. The summed E-state index contributed by atoms with van der Waals surface area (Å²) < 4.78 is 48.4. The molecule has 0 aromatic heterocycles. The topological polar surface area (TPSA) is 47.9 Å². The number of hydrogen-bond donors (Lipinski definition) is 1. The van der Waals surface area contributed by atoms with Gasteiger partial charge < -0.3 is 19.3 Å². The Morgan fingerprint density at radius 3 is 2.56 bits per heavy atom. The average Bonchev–Trinajstić information content (AvgIpc) is 2.66. The Labute approximate surface area is 156 Å². The lowest BCUT2D eigenvalue weighted by molar-refractivity contribution is 0.0976. The molecule has 136 valence electrons. The molecule has 0 spiro atoms. The van der Waals surface area contributed by atoms with E-state index < -0.39 is 19.0 Å². The van der Waals surface area contributed by atoms with Crippen LogP contribution >= 0.6 is 0 Å². The van der Waals surface area contributed by atoms with Crippen LogP contribution in [0.5, 0.6) is 17.2 Å². The molecule has 1 N–H and O–H groups in total. The summed E-state index contributed by atoms with van der Waals surface area (Å²) in [6.07, 6.45) is -2.60. The van der Waals surface area contributed by atoms with Crippen molar-refractivity contribution in [3.63, 3.8) is 0 Å². The largest absolute Gasteiger partial charge is 0.493 e. The van der Waals surface area contributed by atoms with E-state index in [4.69, 9.17) is 19.7 Å². The summed E-state index contributed by atoms with van der Waals surface area (Å²) >= 11 is 0. The smallest absolute Gasteiger partial charge is 0.160 e. The van der Waals surface area contributed by atoms with Crippen LogP contribution in [0.3, 0.4) is 0 Å². The molecular weight excluding hydrogens is 316 g/mol. The lowest BCUT2D eigenvalue weighted by Gasteiger charge is -2.13. The van der Waals surface area contributed by atoms with Gasteiger partial charge >= 0.3 is 0 Å². The molecule has 0 aliphatic heterocycles. The van der Waals surface area contributed by atoms with E-state index in [1.165, 1.54) is 14.2 Å². The molecule has 0 aliphatic carbocycles. The highest BCUT2D eigenvalue weighted by atomic mass is 16.5. The SMILES string of the molecule is [2H]C([2H])(CCCC(O)C([2H])([2H])Oc1cccc(C)c1)c1ccc(OC)c(OC)c1. The number of rotatable bonds is 10. The highest BCUT2D eigenvalue weighted by molar-refractivity contribution is 5.42. The first kappa shape index (κ1) is 14.0. The van der Waals surface area contributed by atoms with Crippen LogP contribution in [0.2, 0.25) is 0 Å². The van der Waals surface area contributed by atoms with Crippen LogP contribution in [0, 0.1) is 6.92 Å². The lowest BCUT2D eigenvalue weighted by Crippen LogP contribution is -2.17. The molecule has 1 atom stereocenters. The Bertz CT molecular complexity index is 811. The minimum Gasteiger partial charge on any atom is -0.493 e. The molecular formula is C21H28O4. The Hall–Kier alpha value is -2.20. The van der Waals surface area contributed by atoms with Gasteiger partial charge in [0.25, 0.3) is 0 Å². The first-order valence-corrected chi connectivity index (χ1v) is 8.25. The number of aliphatic hydroxyl groups is 1. The van der Waals surface area contributed by atoms with Crippen molar-refractivity contribution in [3.05, 3.63) is 53.6 Å². The summed E-state index contributed by atoms with van der Waals surface area (Å²) in [6, 6.07) is 11.8. The van der Waals surface area contributed by atoms with Crippen LogP contribution in [-0.4, -0.2) is 32.0 Å². The van der Waals surface area contributed by atoms with Crippen LogP contribution < -0.4 is 14.2 Å². The fourth-order valence-corrected chi connectivity index (χ4v) is 2.35. The maximum absolute atomic E-state index is 10.3. The van der Waals surface area contributed by atoms with E-state index in [-0.39, 0.29) is 19.3 Å². The first-order chi connectivity index (χ1) is 13.6. The van der Waals surface area contributed by atoms with Gasteiger partial charge in [-0.1, -0.05) is 24.6 Å². The quantitative estimate of drug-likeness (QED) is 0.700. The fraction of sp³-hybridized carbons (Fsp3) is 0.429. The second-order valence-electron chi connectivity index (χ2n) is 5.69. The Kier molecular flexibility index (Phi) is 5.58. The third-order valence-electron chi connectivity index (χ3n) is 3.67. The number of methoxy groups -OCH3 is 2. The lowest BCUT2D eigenvalue weighted by atomic mass is 10.0. The van der Waals surface area contributed by atoms with Crippen LogP contribution in [0.4, 0.5) is 0 Å². The number of ether oxygens (including phenoxy) is 3. The molecule has 1 unspecified atom stereocenters. The van der Waals surface area contributed by atoms with E-state index in [2.05, 4.69) is 0 Å². The molecule has 0 saturated carbocycles. The van der Waals surface area contributed by atoms with E-state index in [0.717, 1.165) is 5.56 Å². The van der Waals surface area contributed by atoms with Crippen LogP contribution in [0.25, 0.3) is 0 Å². The third kappa shape index (κ3) is 6.31. The number of benzene rings is 2. The molecule has 0 saturated heterocycles. The van der Waals surface area contributed by atoms with E-state index in [0.29, 0.717) is 22.8 Å². The number of hydrogen-bond acceptors (Lipinski definition) is 4. The zero-order valence-corrected chi connectivity index (χ0v) is 14.9. The third-order valence-corrected chi connectivity index (χ3v) is 3.67. The molecule has 0 heterocycles. The maximum Gasteiger partial charge on any atom is 0.160 e. The Balaban J connectivity index is 1.96. The molecule has 4 heteroatoms. The molecule has 2 aromatic carbocycles. The van der Waals surface area contributed by atoms with Gasteiger partial charge in [-0.3, -0.25) is 0 Å². The Morgan fingerprint density at radius 2 is 1.84 bits per heavy atom. The molecule has 2 aromatic rings. The monoisotopic (exact) mass is 348 g/mol. The van der Waals surface area contributed by atoms with Crippen LogP contribution in [-0.2, 0) is 6.37 Å². The van der Waals surface area contributed by atoms with Gasteiger partial charge in [-0.2, -0.15) is 0 Å². The second kappa shape index (κ2) is 9.94. The van der Waals surface area contributed by atoms with Gasteiger partial charge in [0.15, 0.2) is 11.5 Å². The van der Waals surface area contributed by atoms with Crippen LogP contribution in [0.1, 0.15) is 35.9 Å². The van der Waals surface area contributed by atoms with Crippen molar-refractivity contribution in [2.75, 3.05) is 20.8 Å². The van der Waals surface area contributed by atoms with E-state index in [1.807, 2.05) is 13.0 Å². The van der Waals surface area contributed by atoms with Crippen LogP contribution in [0.15, 0.2) is 42.5 Å². The average molecular weight is 348 g/mol. The molecule has 0 bridgehead atoms. The first-order valence-electron chi connectivity index (χ1n) is 10.3. The van der Waals surface area contributed by atoms with E-state index in [1.54, 1.807) is 36.4 Å². The summed E-state index contributed by atoms with van der Waals surface area (Å²) in [5.74, 6) is 1.30. The second-order valence-corrected chi connectivity index (χ2v) is 5.69. The van der Waals surface area contributed by atoms with Crippen molar-refractivity contribution in [1.82, 2.24) is 0 Å². The minimum atomic E-state index is -2.27. The number of aliphatic hydroxyl groups excluding tert-OH is 1. The highest BCUT2D eigenvalue weighted by Gasteiger charge is 2.07. The van der Waals surface area contributed by atoms with E-state index >= 15 is 0 Å². The molecule has 0 amide bonds. The predicted molar refractivity (Wildman–Crippen MR) is 99.8 cm³/mol. The highest BCUT2D eigenvalue weighted by Crippen LogP contribution is 2.28. The van der Waals surface area contributed by atoms with Crippen molar-refractivity contribution in [2.45, 2.75) is 38.7 Å². The standard InChI is InChI=1S/C21H28O4/c1-16-7-6-10-19(13-16)25-15-18(22)9-5-4-8-17-11-12-20(23-2)21(14-17)24-3/h6-7,10-14,18,22H,4-5,8-9,15H2,1-3H3/i8D2,15D2. The van der Waals surface area contributed by atoms with Gasteiger partial charge in [-0.15, -0.1) is 0 Å². The molecule has 25 heavy (non-hydrogen) atoms. The molecule has 2 rings (SSSR count). The van der Waals surface area contributed by atoms with Gasteiger partial charge in [0.2, 0.25) is 0 Å². The molecule has 0 radical (unpaired) electrons. The van der Waals surface area contributed by atoms with Gasteiger partial charge in [0.05, 0.1) is 23.1 Å². The van der Waals surface area contributed by atoms with Crippen molar-refractivity contribution < 1.29 is 24.8 Å². The zero-order chi connectivity index (χ0) is 21.7. The summed E-state index contributed by atoms with van der Waals surface area (Å²) in [5, 5.41) is 10.3. The Morgan fingerprint density at radius 1 is 1.04 bits per heavy atom. The summed E-state index contributed by atoms with van der Waals surface area (Å²) in [6.45, 7) is -0.404. The molecule has 4 nitrogen and oxygen atoms in total. The maximum atomic E-state index is 10.3. The van der Waals surface area contributed by atoms with Crippen molar-refractivity contribution in [3.8, 4) is 17.2 Å². The van der Waals surface area contributed by atoms with Gasteiger partial charge in [-0.25, -0.2) is 0 Å². The summed E-state index contributed by atoms with van der Waals surface area (Å²) in [7, 11) is 3.00. The summed E-state index contributed by atoms with van der Waals surface area (Å²) in [4.78, 5) is 0. The van der Waals surface area contributed by atoms with Crippen molar-refractivity contribution in [2.24, 2.45) is 0 Å². The van der Waals surface area contributed by atoms with Crippen molar-refractivity contribution >= 4 is 0 Å². The number of aryl methyl sites for hydroxylation is 2. The van der Waals surface area contributed by atoms with Gasteiger partial charge in [0.1, 0.15) is 12.3 Å². The van der Waals surface area contributed by atoms with Gasteiger partial charge in [0, 0.05) is 2.74 Å². The predicted octanol–water partition coefficient (Wildman–Crippen LogP) is 4.16. The minimum absolute atomic E-state index is 0.0611. The normalized spacial score (nSPS) is 15.4. The fourth-order valence-electron chi connectivity index (χ4n) is 2.35. The van der Waals surface area contributed by atoms with Crippen molar-refractivity contribution in [1.29, 1.82) is 0 Å². The van der Waals surface area contributed by atoms with Gasteiger partial charge in [-0.05, 0) is 61.5 Å². The zero-order valence-electron chi connectivity index (χ0n) is 18.9. The molecule has 0 fully saturated rings.